The van der Waals surface area contributed by atoms with Crippen LogP contribution in [0.3, 0.4) is 0 Å². The number of hydrogen-bond acceptors (Lipinski definition) is 3. The minimum atomic E-state index is 0.243. The van der Waals surface area contributed by atoms with E-state index in [0.29, 0.717) is 15.0 Å². The molecule has 1 aliphatic rings. The van der Waals surface area contributed by atoms with E-state index in [1.54, 1.807) is 0 Å². The molecule has 1 fully saturated rings. The fourth-order valence-corrected chi connectivity index (χ4v) is 2.96. The van der Waals surface area contributed by atoms with Gasteiger partial charge in [-0.15, -0.1) is 0 Å². The monoisotopic (exact) mass is 349 g/mol. The van der Waals surface area contributed by atoms with Crippen LogP contribution in [0.1, 0.15) is 12.0 Å². The molecule has 2 rings (SSSR count). The zero-order valence-corrected chi connectivity index (χ0v) is 11.8. The highest BCUT2D eigenvalue weighted by atomic mass is 79.9. The lowest BCUT2D eigenvalue weighted by atomic mass is 10.2. The first-order valence-corrected chi connectivity index (χ1v) is 6.73. The van der Waals surface area contributed by atoms with E-state index < -0.39 is 0 Å². The second kappa shape index (κ2) is 5.49. The highest BCUT2D eigenvalue weighted by Crippen LogP contribution is 2.33. The van der Waals surface area contributed by atoms with Crippen LogP contribution < -0.4 is 5.32 Å². The summed E-state index contributed by atoms with van der Waals surface area (Å²) in [5.41, 5.74) is 1.13. The Morgan fingerprint density at radius 3 is 2.62 bits per heavy atom. The Hall–Kier alpha value is -0.100. The van der Waals surface area contributed by atoms with Gasteiger partial charge < -0.3 is 15.2 Å². The average molecular weight is 351 g/mol. The molecule has 1 aromatic rings. The molecule has 88 valence electrons. The smallest absolute Gasteiger partial charge is 0.143 e. The molecule has 16 heavy (non-hydrogen) atoms. The van der Waals surface area contributed by atoms with Crippen molar-refractivity contribution in [3.8, 4) is 5.75 Å². The standard InChI is InChI=1S/C11H13Br2NO2/c12-9-3-7(4-10(13)11(9)15)5-14-8-1-2-16-6-8/h3-4,8,14-15H,1-2,5-6H2. The summed E-state index contributed by atoms with van der Waals surface area (Å²) < 4.78 is 6.71. The second-order valence-electron chi connectivity index (χ2n) is 3.85. The summed E-state index contributed by atoms with van der Waals surface area (Å²) >= 11 is 6.64. The minimum Gasteiger partial charge on any atom is -0.506 e. The third-order valence-corrected chi connectivity index (χ3v) is 3.81. The number of phenolic OH excluding ortho intramolecular Hbond substituents is 1. The van der Waals surface area contributed by atoms with Crippen LogP contribution in [-0.4, -0.2) is 24.4 Å². The van der Waals surface area contributed by atoms with E-state index in [-0.39, 0.29) is 5.75 Å². The fraction of sp³-hybridized carbons (Fsp3) is 0.455. The van der Waals surface area contributed by atoms with Gasteiger partial charge in [0.2, 0.25) is 0 Å². The van der Waals surface area contributed by atoms with Crippen LogP contribution in [0.2, 0.25) is 0 Å². The second-order valence-corrected chi connectivity index (χ2v) is 5.56. The number of phenols is 1. The van der Waals surface area contributed by atoms with E-state index in [1.807, 2.05) is 12.1 Å². The summed E-state index contributed by atoms with van der Waals surface area (Å²) in [7, 11) is 0. The van der Waals surface area contributed by atoms with Crippen molar-refractivity contribution in [1.82, 2.24) is 5.32 Å². The summed E-state index contributed by atoms with van der Waals surface area (Å²) in [6.45, 7) is 2.42. The first-order chi connectivity index (χ1) is 7.66. The van der Waals surface area contributed by atoms with Crippen molar-refractivity contribution >= 4 is 31.9 Å². The average Bonchev–Trinajstić information content (AvgIpc) is 2.75. The van der Waals surface area contributed by atoms with Gasteiger partial charge in [0.05, 0.1) is 15.6 Å². The largest absolute Gasteiger partial charge is 0.506 e. The lowest BCUT2D eigenvalue weighted by Gasteiger charge is -2.11. The molecule has 5 heteroatoms. The molecule has 1 unspecified atom stereocenters. The number of aromatic hydroxyl groups is 1. The van der Waals surface area contributed by atoms with Gasteiger partial charge in [-0.2, -0.15) is 0 Å². The maximum absolute atomic E-state index is 9.58. The normalized spacial score (nSPS) is 20.2. The van der Waals surface area contributed by atoms with E-state index >= 15 is 0 Å². The third kappa shape index (κ3) is 2.97. The van der Waals surface area contributed by atoms with Crippen molar-refractivity contribution in [3.63, 3.8) is 0 Å². The predicted octanol–water partition coefficient (Wildman–Crippen LogP) is 2.80. The topological polar surface area (TPSA) is 41.5 Å². The third-order valence-electron chi connectivity index (χ3n) is 2.60. The molecule has 0 bridgehead atoms. The Morgan fingerprint density at radius 2 is 2.06 bits per heavy atom. The van der Waals surface area contributed by atoms with Gasteiger partial charge in [0.15, 0.2) is 0 Å². The van der Waals surface area contributed by atoms with E-state index in [0.717, 1.165) is 31.7 Å². The first-order valence-electron chi connectivity index (χ1n) is 5.15. The van der Waals surface area contributed by atoms with Crippen molar-refractivity contribution in [2.24, 2.45) is 0 Å². The molecule has 0 spiro atoms. The van der Waals surface area contributed by atoms with Crippen LogP contribution in [0.25, 0.3) is 0 Å². The van der Waals surface area contributed by atoms with Gasteiger partial charge >= 0.3 is 0 Å². The quantitative estimate of drug-likeness (QED) is 0.880. The Kier molecular flexibility index (Phi) is 4.24. The van der Waals surface area contributed by atoms with E-state index in [2.05, 4.69) is 37.2 Å². The fourth-order valence-electron chi connectivity index (χ4n) is 1.68. The highest BCUT2D eigenvalue weighted by molar-refractivity contribution is 9.11. The maximum atomic E-state index is 9.58. The summed E-state index contributed by atoms with van der Waals surface area (Å²) in [4.78, 5) is 0. The van der Waals surface area contributed by atoms with Crippen molar-refractivity contribution in [2.45, 2.75) is 19.0 Å². The van der Waals surface area contributed by atoms with Gasteiger partial charge in [-0.25, -0.2) is 0 Å². The molecule has 1 heterocycles. The predicted molar refractivity (Wildman–Crippen MR) is 69.6 cm³/mol. The molecule has 2 N–H and O–H groups in total. The SMILES string of the molecule is Oc1c(Br)cc(CNC2CCOC2)cc1Br. The van der Waals surface area contributed by atoms with Crippen LogP contribution in [0.4, 0.5) is 0 Å². The summed E-state index contributed by atoms with van der Waals surface area (Å²) in [6.07, 6.45) is 1.07. The first kappa shape index (κ1) is 12.4. The molecule has 0 radical (unpaired) electrons. The van der Waals surface area contributed by atoms with E-state index in [9.17, 15) is 5.11 Å². The molecule has 1 atom stereocenters. The summed E-state index contributed by atoms with van der Waals surface area (Å²) in [5, 5.41) is 13.0. The maximum Gasteiger partial charge on any atom is 0.143 e. The Bertz CT molecular complexity index is 355. The van der Waals surface area contributed by atoms with Crippen LogP contribution in [-0.2, 0) is 11.3 Å². The van der Waals surface area contributed by atoms with Crippen molar-refractivity contribution < 1.29 is 9.84 Å². The lowest BCUT2D eigenvalue weighted by Crippen LogP contribution is -2.28. The summed E-state index contributed by atoms with van der Waals surface area (Å²) in [5.74, 6) is 0.243. The molecule has 1 aliphatic heterocycles. The van der Waals surface area contributed by atoms with Crippen molar-refractivity contribution in [2.75, 3.05) is 13.2 Å². The molecular formula is C11H13Br2NO2. The van der Waals surface area contributed by atoms with Crippen molar-refractivity contribution in [1.29, 1.82) is 0 Å². The van der Waals surface area contributed by atoms with E-state index in [1.165, 1.54) is 0 Å². The zero-order chi connectivity index (χ0) is 11.5. The molecule has 1 saturated heterocycles. The van der Waals surface area contributed by atoms with Crippen LogP contribution >= 0.6 is 31.9 Å². The van der Waals surface area contributed by atoms with Gasteiger partial charge in [0, 0.05) is 19.2 Å². The lowest BCUT2D eigenvalue weighted by molar-refractivity contribution is 0.190. The number of hydrogen-bond donors (Lipinski definition) is 2. The van der Waals surface area contributed by atoms with Crippen LogP contribution in [0.5, 0.6) is 5.75 Å². The van der Waals surface area contributed by atoms with Gasteiger partial charge in [0.25, 0.3) is 0 Å². The van der Waals surface area contributed by atoms with Gasteiger partial charge in [-0.05, 0) is 56.0 Å². The molecule has 0 aliphatic carbocycles. The highest BCUT2D eigenvalue weighted by Gasteiger charge is 2.15. The van der Waals surface area contributed by atoms with Crippen LogP contribution in [0.15, 0.2) is 21.1 Å². The summed E-state index contributed by atoms with van der Waals surface area (Å²) in [6, 6.07) is 4.29. The molecular weight excluding hydrogens is 338 g/mol. The number of halogens is 2. The van der Waals surface area contributed by atoms with E-state index in [4.69, 9.17) is 4.74 Å². The number of rotatable bonds is 3. The van der Waals surface area contributed by atoms with Crippen LogP contribution in [0, 0.1) is 0 Å². The molecule has 0 saturated carbocycles. The molecule has 0 aromatic heterocycles. The Morgan fingerprint density at radius 1 is 1.38 bits per heavy atom. The molecule has 1 aromatic carbocycles. The molecule has 3 nitrogen and oxygen atoms in total. The van der Waals surface area contributed by atoms with Gasteiger partial charge in [0.1, 0.15) is 5.75 Å². The Balaban J connectivity index is 1.98. The van der Waals surface area contributed by atoms with Gasteiger partial charge in [-0.1, -0.05) is 0 Å². The number of nitrogens with one attached hydrogen (secondary N) is 1. The number of ether oxygens (including phenoxy) is 1. The Labute approximate surface area is 111 Å². The molecule has 0 amide bonds. The van der Waals surface area contributed by atoms with Gasteiger partial charge in [-0.3, -0.25) is 0 Å². The zero-order valence-electron chi connectivity index (χ0n) is 8.67. The number of benzene rings is 1. The van der Waals surface area contributed by atoms with Crippen molar-refractivity contribution in [3.05, 3.63) is 26.6 Å². The minimum absolute atomic E-state index is 0.243.